The van der Waals surface area contributed by atoms with Crippen molar-refractivity contribution < 1.29 is 4.79 Å². The molecule has 0 aliphatic heterocycles. The van der Waals surface area contributed by atoms with Crippen LogP contribution in [0.15, 0.2) is 47.5 Å². The Bertz CT molecular complexity index is 925. The summed E-state index contributed by atoms with van der Waals surface area (Å²) < 4.78 is 3.14. The van der Waals surface area contributed by atoms with Crippen LogP contribution in [0, 0.1) is 6.92 Å². The summed E-state index contributed by atoms with van der Waals surface area (Å²) in [6, 6.07) is 13.6. The molecule has 1 heterocycles. The lowest BCUT2D eigenvalue weighted by atomic mass is 10.1. The van der Waals surface area contributed by atoms with Crippen molar-refractivity contribution in [1.82, 2.24) is 4.57 Å². The van der Waals surface area contributed by atoms with Crippen molar-refractivity contribution in [2.24, 2.45) is 4.99 Å². The number of thiazole rings is 1. The van der Waals surface area contributed by atoms with Crippen molar-refractivity contribution >= 4 is 39.1 Å². The molecule has 0 saturated heterocycles. The van der Waals surface area contributed by atoms with Gasteiger partial charge in [0.05, 0.1) is 16.6 Å². The number of hydrogen-bond acceptors (Lipinski definition) is 2. The van der Waals surface area contributed by atoms with Gasteiger partial charge in [-0.25, -0.2) is 0 Å². The van der Waals surface area contributed by atoms with Crippen LogP contribution in [-0.4, -0.2) is 10.5 Å². The summed E-state index contributed by atoms with van der Waals surface area (Å²) in [4.78, 5) is 17.3. The van der Waals surface area contributed by atoms with Crippen molar-refractivity contribution in [3.05, 3.63) is 63.4 Å². The molecule has 1 aromatic heterocycles. The molecule has 0 radical (unpaired) electrons. The maximum atomic E-state index is 12.3. The molecule has 2 aromatic carbocycles. The van der Waals surface area contributed by atoms with Gasteiger partial charge in [-0.2, -0.15) is 4.99 Å². The van der Waals surface area contributed by atoms with E-state index >= 15 is 0 Å². The lowest BCUT2D eigenvalue weighted by Gasteiger charge is -2.04. The minimum absolute atomic E-state index is 0.131. The molecule has 0 spiro atoms. The molecule has 0 N–H and O–H groups in total. The van der Waals surface area contributed by atoms with Gasteiger partial charge in [-0.15, -0.1) is 0 Å². The first-order valence-corrected chi connectivity index (χ1v) is 8.69. The molecule has 0 aliphatic carbocycles. The lowest BCUT2D eigenvalue weighted by Crippen LogP contribution is -2.16. The Morgan fingerprint density at radius 3 is 2.70 bits per heavy atom. The molecule has 3 nitrogen and oxygen atoms in total. The summed E-state index contributed by atoms with van der Waals surface area (Å²) in [5.74, 6) is -0.131. The van der Waals surface area contributed by atoms with Crippen molar-refractivity contribution in [3.63, 3.8) is 0 Å². The van der Waals surface area contributed by atoms with Gasteiger partial charge in [-0.1, -0.05) is 53.3 Å². The van der Waals surface area contributed by atoms with Gasteiger partial charge in [0.15, 0.2) is 4.80 Å². The number of aromatic nitrogens is 1. The van der Waals surface area contributed by atoms with Crippen LogP contribution in [0.25, 0.3) is 10.2 Å². The molecule has 0 saturated carbocycles. The Morgan fingerprint density at radius 1 is 1.26 bits per heavy atom. The highest BCUT2D eigenvalue weighted by atomic mass is 35.5. The molecule has 3 aromatic rings. The second kappa shape index (κ2) is 6.69. The Labute approximate surface area is 143 Å². The molecular weight excluding hydrogens is 328 g/mol. The van der Waals surface area contributed by atoms with Gasteiger partial charge >= 0.3 is 0 Å². The molecule has 0 aliphatic rings. The number of aryl methyl sites for hydroxylation is 2. The van der Waals surface area contributed by atoms with E-state index in [0.29, 0.717) is 11.4 Å². The molecular formula is C18H17ClN2OS. The van der Waals surface area contributed by atoms with E-state index in [0.717, 1.165) is 32.7 Å². The summed E-state index contributed by atoms with van der Waals surface area (Å²) in [7, 11) is 0. The van der Waals surface area contributed by atoms with E-state index in [2.05, 4.69) is 16.5 Å². The zero-order valence-electron chi connectivity index (χ0n) is 13.0. The second-order valence-electron chi connectivity index (χ2n) is 5.37. The normalized spacial score (nSPS) is 12.0. The van der Waals surface area contributed by atoms with Gasteiger partial charge in [-0.05, 0) is 37.1 Å². The molecule has 0 bridgehead atoms. The molecule has 23 heavy (non-hydrogen) atoms. The first-order chi connectivity index (χ1) is 11.1. The predicted octanol–water partition coefficient (Wildman–Crippen LogP) is 4.35. The number of carbonyl (C=O) groups is 1. The number of nitrogens with zero attached hydrogens (tertiary/aromatic N) is 2. The summed E-state index contributed by atoms with van der Waals surface area (Å²) in [5.41, 5.74) is 3.18. The topological polar surface area (TPSA) is 34.4 Å². The quantitative estimate of drug-likeness (QED) is 0.695. The summed E-state index contributed by atoms with van der Waals surface area (Å²) >= 11 is 7.65. The maximum absolute atomic E-state index is 12.3. The van der Waals surface area contributed by atoms with E-state index in [1.54, 1.807) is 0 Å². The van der Waals surface area contributed by atoms with Crippen LogP contribution < -0.4 is 4.80 Å². The number of hydrogen-bond donors (Lipinski definition) is 0. The van der Waals surface area contributed by atoms with Crippen LogP contribution in [-0.2, 0) is 17.8 Å². The molecule has 3 rings (SSSR count). The van der Waals surface area contributed by atoms with Gasteiger partial charge in [0.1, 0.15) is 0 Å². The number of rotatable bonds is 3. The Balaban J connectivity index is 2.05. The first kappa shape index (κ1) is 16.0. The van der Waals surface area contributed by atoms with Gasteiger partial charge in [0, 0.05) is 11.6 Å². The van der Waals surface area contributed by atoms with Crippen molar-refractivity contribution in [1.29, 1.82) is 0 Å². The minimum atomic E-state index is -0.131. The number of carbonyl (C=O) groups excluding carboxylic acids is 1. The fourth-order valence-electron chi connectivity index (χ4n) is 2.67. The van der Waals surface area contributed by atoms with E-state index in [1.165, 1.54) is 11.3 Å². The molecule has 1 amide bonds. The van der Waals surface area contributed by atoms with E-state index in [9.17, 15) is 4.79 Å². The highest BCUT2D eigenvalue weighted by molar-refractivity contribution is 7.16. The summed E-state index contributed by atoms with van der Waals surface area (Å²) in [5, 5.41) is 0.710. The highest BCUT2D eigenvalue weighted by Crippen LogP contribution is 2.25. The Morgan fingerprint density at radius 2 is 2.00 bits per heavy atom. The third-order valence-electron chi connectivity index (χ3n) is 3.67. The SMILES string of the molecule is CCn1c(=NC(=O)Cc2ccccc2)sc2cc(Cl)cc(C)c21. The number of benzene rings is 2. The summed E-state index contributed by atoms with van der Waals surface area (Å²) in [6.45, 7) is 4.85. The fourth-order valence-corrected chi connectivity index (χ4v) is 4.24. The largest absolute Gasteiger partial charge is 0.316 e. The van der Waals surface area contributed by atoms with Gasteiger partial charge in [-0.3, -0.25) is 4.79 Å². The van der Waals surface area contributed by atoms with Crippen LogP contribution in [0.2, 0.25) is 5.02 Å². The van der Waals surface area contributed by atoms with Crippen LogP contribution >= 0.6 is 22.9 Å². The number of amides is 1. The maximum Gasteiger partial charge on any atom is 0.252 e. The monoisotopic (exact) mass is 344 g/mol. The van der Waals surface area contributed by atoms with E-state index < -0.39 is 0 Å². The first-order valence-electron chi connectivity index (χ1n) is 7.49. The number of halogens is 1. The minimum Gasteiger partial charge on any atom is -0.316 e. The third-order valence-corrected chi connectivity index (χ3v) is 4.91. The average Bonchev–Trinajstić information content (AvgIpc) is 2.85. The zero-order chi connectivity index (χ0) is 16.4. The van der Waals surface area contributed by atoms with Gasteiger partial charge in [0.25, 0.3) is 5.91 Å². The highest BCUT2D eigenvalue weighted by Gasteiger charge is 2.10. The zero-order valence-corrected chi connectivity index (χ0v) is 14.6. The Kier molecular flexibility index (Phi) is 4.64. The predicted molar refractivity (Wildman–Crippen MR) is 96.0 cm³/mol. The molecule has 5 heteroatoms. The molecule has 118 valence electrons. The fraction of sp³-hybridized carbons (Fsp3) is 0.222. The molecule has 0 atom stereocenters. The molecule has 0 unspecified atom stereocenters. The standard InChI is InChI=1S/C18H17ClN2OS/c1-3-21-17-12(2)9-14(19)11-15(17)23-18(21)20-16(22)10-13-7-5-4-6-8-13/h4-9,11H,3,10H2,1-2H3. The number of fused-ring (bicyclic) bond motifs is 1. The van der Waals surface area contributed by atoms with E-state index in [1.807, 2.05) is 49.4 Å². The van der Waals surface area contributed by atoms with Crippen molar-refractivity contribution in [3.8, 4) is 0 Å². The van der Waals surface area contributed by atoms with E-state index in [4.69, 9.17) is 11.6 Å². The Hall–Kier alpha value is -1.91. The van der Waals surface area contributed by atoms with Crippen LogP contribution in [0.5, 0.6) is 0 Å². The van der Waals surface area contributed by atoms with Crippen LogP contribution in [0.1, 0.15) is 18.1 Å². The third kappa shape index (κ3) is 3.38. The molecule has 0 fully saturated rings. The van der Waals surface area contributed by atoms with E-state index in [-0.39, 0.29) is 5.91 Å². The van der Waals surface area contributed by atoms with Crippen LogP contribution in [0.3, 0.4) is 0 Å². The van der Waals surface area contributed by atoms with Gasteiger partial charge < -0.3 is 4.57 Å². The summed E-state index contributed by atoms with van der Waals surface area (Å²) in [6.07, 6.45) is 0.318. The smallest absolute Gasteiger partial charge is 0.252 e. The van der Waals surface area contributed by atoms with Crippen molar-refractivity contribution in [2.45, 2.75) is 26.8 Å². The van der Waals surface area contributed by atoms with Gasteiger partial charge in [0.2, 0.25) is 0 Å². The average molecular weight is 345 g/mol. The second-order valence-corrected chi connectivity index (χ2v) is 6.81. The van der Waals surface area contributed by atoms with Crippen LogP contribution in [0.4, 0.5) is 0 Å². The lowest BCUT2D eigenvalue weighted by molar-refractivity contribution is -0.117. The van der Waals surface area contributed by atoms with Crippen molar-refractivity contribution in [2.75, 3.05) is 0 Å².